The Kier molecular flexibility index (Phi) is 3.83. The maximum Gasteiger partial charge on any atom is 0.221 e. The average molecular weight is 258 g/mol. The van der Waals surface area contributed by atoms with Crippen molar-refractivity contribution < 1.29 is 4.79 Å². The van der Waals surface area contributed by atoms with Crippen LogP contribution in [0.2, 0.25) is 0 Å². The molecule has 0 spiro atoms. The Hall–Kier alpha value is -1.35. The van der Waals surface area contributed by atoms with Gasteiger partial charge in [-0.3, -0.25) is 4.79 Å². The maximum atomic E-state index is 11.6. The topological polar surface area (TPSA) is 41.1 Å². The second-order valence-electron chi connectivity index (χ2n) is 5.77. The number of rotatable bonds is 2. The van der Waals surface area contributed by atoms with Crippen LogP contribution < -0.4 is 10.6 Å². The molecule has 2 unspecified atom stereocenters. The predicted octanol–water partition coefficient (Wildman–Crippen LogP) is 1.80. The Bertz CT molecular complexity index is 458. The minimum atomic E-state index is 0.200. The van der Waals surface area contributed by atoms with E-state index in [0.29, 0.717) is 18.5 Å². The summed E-state index contributed by atoms with van der Waals surface area (Å²) in [5.41, 5.74) is 2.98. The molecule has 0 saturated carbocycles. The molecule has 2 N–H and O–H groups in total. The number of carbonyl (C=O) groups excluding carboxylic acids is 1. The van der Waals surface area contributed by atoms with E-state index in [-0.39, 0.29) is 5.91 Å². The summed E-state index contributed by atoms with van der Waals surface area (Å²) in [6.07, 6.45) is 6.29. The van der Waals surface area contributed by atoms with Gasteiger partial charge in [-0.2, -0.15) is 0 Å². The molecule has 1 aliphatic heterocycles. The van der Waals surface area contributed by atoms with Gasteiger partial charge in [0.05, 0.1) is 0 Å². The van der Waals surface area contributed by atoms with E-state index in [9.17, 15) is 4.79 Å². The van der Waals surface area contributed by atoms with Crippen molar-refractivity contribution in [3.05, 3.63) is 35.4 Å². The molecule has 2 aliphatic rings. The van der Waals surface area contributed by atoms with Crippen LogP contribution in [0.1, 0.15) is 36.8 Å². The van der Waals surface area contributed by atoms with E-state index >= 15 is 0 Å². The smallest absolute Gasteiger partial charge is 0.221 e. The fourth-order valence-electron chi connectivity index (χ4n) is 3.29. The van der Waals surface area contributed by atoms with E-state index in [2.05, 4.69) is 34.9 Å². The third-order valence-corrected chi connectivity index (χ3v) is 4.30. The number of aryl methyl sites for hydroxylation is 1. The van der Waals surface area contributed by atoms with E-state index in [1.54, 1.807) is 0 Å². The molecule has 3 nitrogen and oxygen atoms in total. The highest BCUT2D eigenvalue weighted by Crippen LogP contribution is 2.22. The van der Waals surface area contributed by atoms with Crippen molar-refractivity contribution in [3.8, 4) is 0 Å². The van der Waals surface area contributed by atoms with Gasteiger partial charge in [0, 0.05) is 25.0 Å². The molecule has 3 rings (SSSR count). The summed E-state index contributed by atoms with van der Waals surface area (Å²) in [5, 5.41) is 6.66. The minimum Gasteiger partial charge on any atom is -0.356 e. The molecular formula is C16H22N2O. The van der Waals surface area contributed by atoms with E-state index in [1.807, 2.05) is 0 Å². The Morgan fingerprint density at radius 2 is 1.84 bits per heavy atom. The van der Waals surface area contributed by atoms with Crippen molar-refractivity contribution in [3.63, 3.8) is 0 Å². The van der Waals surface area contributed by atoms with E-state index < -0.39 is 0 Å². The van der Waals surface area contributed by atoms with Gasteiger partial charge in [-0.05, 0) is 43.2 Å². The predicted molar refractivity (Wildman–Crippen MR) is 76.0 cm³/mol. The molecule has 0 bridgehead atoms. The van der Waals surface area contributed by atoms with E-state index in [1.165, 1.54) is 17.5 Å². The lowest BCUT2D eigenvalue weighted by Gasteiger charge is -2.29. The van der Waals surface area contributed by atoms with Gasteiger partial charge in [-0.15, -0.1) is 0 Å². The first-order valence-corrected chi connectivity index (χ1v) is 7.41. The summed E-state index contributed by atoms with van der Waals surface area (Å²) in [7, 11) is 0. The summed E-state index contributed by atoms with van der Waals surface area (Å²) in [6, 6.07) is 9.62. The summed E-state index contributed by atoms with van der Waals surface area (Å²) in [4.78, 5) is 11.6. The second-order valence-corrected chi connectivity index (χ2v) is 5.77. The van der Waals surface area contributed by atoms with Crippen LogP contribution in [0.4, 0.5) is 0 Å². The zero-order valence-corrected chi connectivity index (χ0v) is 11.3. The molecule has 3 heteroatoms. The molecule has 0 radical (unpaired) electrons. The molecule has 1 heterocycles. The Balaban J connectivity index is 1.61. The third-order valence-electron chi connectivity index (χ3n) is 4.30. The highest BCUT2D eigenvalue weighted by molar-refractivity contribution is 5.76. The highest BCUT2D eigenvalue weighted by atomic mass is 16.1. The number of fused-ring (bicyclic) bond motifs is 1. The SMILES string of the molecule is O=C1CC(NC2CCc3ccccc3C2)CCCN1. The number of hydrogen-bond acceptors (Lipinski definition) is 2. The lowest BCUT2D eigenvalue weighted by atomic mass is 9.87. The first-order chi connectivity index (χ1) is 9.31. The van der Waals surface area contributed by atoms with Gasteiger partial charge in [0.15, 0.2) is 0 Å². The molecule has 19 heavy (non-hydrogen) atoms. The molecule has 0 aromatic heterocycles. The molecule has 1 fully saturated rings. The van der Waals surface area contributed by atoms with Crippen molar-refractivity contribution >= 4 is 5.91 Å². The van der Waals surface area contributed by atoms with Gasteiger partial charge in [-0.1, -0.05) is 24.3 Å². The lowest BCUT2D eigenvalue weighted by molar-refractivity contribution is -0.121. The quantitative estimate of drug-likeness (QED) is 0.849. The first-order valence-electron chi connectivity index (χ1n) is 7.41. The van der Waals surface area contributed by atoms with Crippen LogP contribution in [0, 0.1) is 0 Å². The molecule has 1 aromatic carbocycles. The lowest BCUT2D eigenvalue weighted by Crippen LogP contribution is -2.42. The Labute approximate surface area is 114 Å². The normalized spacial score (nSPS) is 27.3. The van der Waals surface area contributed by atoms with Crippen LogP contribution in [-0.2, 0) is 17.6 Å². The van der Waals surface area contributed by atoms with Crippen LogP contribution in [0.3, 0.4) is 0 Å². The highest BCUT2D eigenvalue weighted by Gasteiger charge is 2.23. The fraction of sp³-hybridized carbons (Fsp3) is 0.562. The van der Waals surface area contributed by atoms with Gasteiger partial charge in [0.25, 0.3) is 0 Å². The van der Waals surface area contributed by atoms with Crippen LogP contribution in [-0.4, -0.2) is 24.5 Å². The minimum absolute atomic E-state index is 0.200. The largest absolute Gasteiger partial charge is 0.356 e. The zero-order valence-electron chi connectivity index (χ0n) is 11.3. The molecule has 1 aromatic rings. The van der Waals surface area contributed by atoms with Gasteiger partial charge in [0.1, 0.15) is 0 Å². The molecule has 102 valence electrons. The summed E-state index contributed by atoms with van der Waals surface area (Å²) in [6.45, 7) is 0.838. The van der Waals surface area contributed by atoms with Crippen LogP contribution >= 0.6 is 0 Å². The number of nitrogens with one attached hydrogen (secondary N) is 2. The number of amides is 1. The van der Waals surface area contributed by atoms with Crippen molar-refractivity contribution in [1.29, 1.82) is 0 Å². The average Bonchev–Trinajstić information content (AvgIpc) is 2.63. The standard InChI is InChI=1S/C16H22N2O/c19-16-11-14(6-3-9-17-16)18-15-8-7-12-4-1-2-5-13(12)10-15/h1-2,4-5,14-15,18H,3,6-11H2,(H,17,19). The molecule has 1 saturated heterocycles. The summed E-state index contributed by atoms with van der Waals surface area (Å²) in [5.74, 6) is 0.200. The van der Waals surface area contributed by atoms with E-state index in [0.717, 1.165) is 32.2 Å². The molecule has 2 atom stereocenters. The summed E-state index contributed by atoms with van der Waals surface area (Å²) < 4.78 is 0. The zero-order chi connectivity index (χ0) is 13.1. The van der Waals surface area contributed by atoms with Gasteiger partial charge < -0.3 is 10.6 Å². The van der Waals surface area contributed by atoms with Gasteiger partial charge in [0.2, 0.25) is 5.91 Å². The van der Waals surface area contributed by atoms with Crippen LogP contribution in [0.5, 0.6) is 0 Å². The van der Waals surface area contributed by atoms with Crippen molar-refractivity contribution in [2.75, 3.05) is 6.54 Å². The molecule has 1 amide bonds. The van der Waals surface area contributed by atoms with Gasteiger partial charge >= 0.3 is 0 Å². The second kappa shape index (κ2) is 5.74. The Morgan fingerprint density at radius 3 is 2.74 bits per heavy atom. The Morgan fingerprint density at radius 1 is 1.05 bits per heavy atom. The maximum absolute atomic E-state index is 11.6. The number of benzene rings is 1. The number of carbonyl (C=O) groups is 1. The summed E-state index contributed by atoms with van der Waals surface area (Å²) >= 11 is 0. The monoisotopic (exact) mass is 258 g/mol. The first kappa shape index (κ1) is 12.7. The van der Waals surface area contributed by atoms with Crippen LogP contribution in [0.25, 0.3) is 0 Å². The van der Waals surface area contributed by atoms with Crippen LogP contribution in [0.15, 0.2) is 24.3 Å². The third kappa shape index (κ3) is 3.16. The van der Waals surface area contributed by atoms with E-state index in [4.69, 9.17) is 0 Å². The number of hydrogen-bond donors (Lipinski definition) is 2. The molecule has 1 aliphatic carbocycles. The molecular weight excluding hydrogens is 236 g/mol. The van der Waals surface area contributed by atoms with Crippen molar-refractivity contribution in [2.45, 2.75) is 50.6 Å². The van der Waals surface area contributed by atoms with Crippen molar-refractivity contribution in [2.24, 2.45) is 0 Å². The van der Waals surface area contributed by atoms with Gasteiger partial charge in [-0.25, -0.2) is 0 Å². The fourth-order valence-corrected chi connectivity index (χ4v) is 3.29. The van der Waals surface area contributed by atoms with Crippen molar-refractivity contribution in [1.82, 2.24) is 10.6 Å².